The molecule has 1 aromatic heterocycles. The fraction of sp³-hybridized carbons (Fsp3) is 0.130. The molecular formula is C23H19N3O2. The lowest BCUT2D eigenvalue weighted by Crippen LogP contribution is -2.26. The summed E-state index contributed by atoms with van der Waals surface area (Å²) < 4.78 is 5.46. The van der Waals surface area contributed by atoms with Crippen LogP contribution in [0.3, 0.4) is 0 Å². The first-order chi connectivity index (χ1) is 13.7. The molecule has 2 aromatic carbocycles. The molecule has 0 saturated heterocycles. The highest BCUT2D eigenvalue weighted by Crippen LogP contribution is 2.44. The van der Waals surface area contributed by atoms with Crippen molar-refractivity contribution in [3.63, 3.8) is 0 Å². The van der Waals surface area contributed by atoms with Crippen molar-refractivity contribution in [3.8, 4) is 23.0 Å². The van der Waals surface area contributed by atoms with Gasteiger partial charge in [0, 0.05) is 18.3 Å². The molecule has 138 valence electrons. The number of benzene rings is 2. The quantitative estimate of drug-likeness (QED) is 0.692. The second-order valence-corrected chi connectivity index (χ2v) is 6.44. The number of hydrogen-bond donors (Lipinski definition) is 2. The number of rotatable bonds is 3. The summed E-state index contributed by atoms with van der Waals surface area (Å²) in [6.07, 6.45) is 2.71. The Morgan fingerprint density at radius 2 is 1.75 bits per heavy atom. The molecule has 5 heteroatoms. The monoisotopic (exact) mass is 369 g/mol. The molecule has 1 amide bonds. The van der Waals surface area contributed by atoms with Gasteiger partial charge in [0.15, 0.2) is 0 Å². The van der Waals surface area contributed by atoms with Gasteiger partial charge in [0.05, 0.1) is 17.8 Å². The molecule has 0 saturated carbocycles. The lowest BCUT2D eigenvalue weighted by Gasteiger charge is -2.14. The van der Waals surface area contributed by atoms with Crippen molar-refractivity contribution in [1.29, 1.82) is 0 Å². The molecular weight excluding hydrogens is 350 g/mol. The third-order valence-corrected chi connectivity index (χ3v) is 4.74. The normalized spacial score (nSPS) is 11.7. The number of pyridine rings is 1. The molecule has 5 nitrogen and oxygen atoms in total. The Morgan fingerprint density at radius 1 is 1.07 bits per heavy atom. The van der Waals surface area contributed by atoms with Crippen molar-refractivity contribution >= 4 is 11.8 Å². The summed E-state index contributed by atoms with van der Waals surface area (Å²) in [6, 6.07) is 18.1. The Bertz CT molecular complexity index is 1040. The molecule has 0 bridgehead atoms. The highest BCUT2D eigenvalue weighted by molar-refractivity contribution is 5.79. The molecule has 3 N–H and O–H groups in total. The van der Waals surface area contributed by atoms with E-state index in [2.05, 4.69) is 46.4 Å². The summed E-state index contributed by atoms with van der Waals surface area (Å²) >= 11 is 0. The average Bonchev–Trinajstić information content (AvgIpc) is 3.05. The fourth-order valence-electron chi connectivity index (χ4n) is 3.41. The van der Waals surface area contributed by atoms with Gasteiger partial charge in [-0.05, 0) is 28.3 Å². The topological polar surface area (TPSA) is 77.2 Å². The zero-order valence-corrected chi connectivity index (χ0v) is 15.2. The van der Waals surface area contributed by atoms with Crippen molar-refractivity contribution in [1.82, 2.24) is 10.3 Å². The van der Waals surface area contributed by atoms with Gasteiger partial charge in [-0.15, -0.1) is 0 Å². The van der Waals surface area contributed by atoms with E-state index in [0.29, 0.717) is 11.3 Å². The van der Waals surface area contributed by atoms with Crippen LogP contribution >= 0.6 is 0 Å². The van der Waals surface area contributed by atoms with E-state index in [0.717, 1.165) is 0 Å². The standard InChI is InChI=1S/C23H19N3O2/c24-22-11-13-25-14-16(22)6-5-12-26-23(27)28-15-21-19-9-3-1-7-17(19)18-8-2-4-10-20(18)21/h1-4,7-11,13-14,21H,12,15H2,(H2,24,25)(H,26,27). The van der Waals surface area contributed by atoms with E-state index < -0.39 is 6.09 Å². The maximum Gasteiger partial charge on any atom is 0.407 e. The highest BCUT2D eigenvalue weighted by Gasteiger charge is 2.28. The maximum absolute atomic E-state index is 12.1. The number of hydrogen-bond acceptors (Lipinski definition) is 4. The third-order valence-electron chi connectivity index (χ3n) is 4.74. The van der Waals surface area contributed by atoms with Crippen molar-refractivity contribution < 1.29 is 9.53 Å². The molecule has 0 aliphatic heterocycles. The van der Waals surface area contributed by atoms with Crippen LogP contribution in [0.4, 0.5) is 10.5 Å². The van der Waals surface area contributed by atoms with E-state index in [1.165, 1.54) is 22.3 Å². The van der Waals surface area contributed by atoms with Crippen LogP contribution in [0.25, 0.3) is 11.1 Å². The van der Waals surface area contributed by atoms with Crippen LogP contribution < -0.4 is 11.1 Å². The number of nitrogens with one attached hydrogen (secondary N) is 1. The number of nitrogens with two attached hydrogens (primary N) is 1. The SMILES string of the molecule is Nc1ccncc1C#CCNC(=O)OCC1c2ccccc2-c2ccccc21. The number of nitrogen functional groups attached to an aromatic ring is 1. The van der Waals surface area contributed by atoms with Crippen molar-refractivity contribution in [2.24, 2.45) is 0 Å². The Balaban J connectivity index is 1.36. The summed E-state index contributed by atoms with van der Waals surface area (Å²) in [5.41, 5.74) is 11.8. The van der Waals surface area contributed by atoms with Crippen molar-refractivity contribution in [3.05, 3.63) is 83.7 Å². The highest BCUT2D eigenvalue weighted by atomic mass is 16.5. The van der Waals surface area contributed by atoms with Crippen LogP contribution in [-0.4, -0.2) is 24.2 Å². The van der Waals surface area contributed by atoms with Gasteiger partial charge < -0.3 is 15.8 Å². The first-order valence-electron chi connectivity index (χ1n) is 9.01. The summed E-state index contributed by atoms with van der Waals surface area (Å²) in [5, 5.41) is 2.65. The average molecular weight is 369 g/mol. The molecule has 0 fully saturated rings. The number of aromatic nitrogens is 1. The van der Waals surface area contributed by atoms with Crippen molar-refractivity contribution in [2.75, 3.05) is 18.9 Å². The molecule has 1 aliphatic carbocycles. The van der Waals surface area contributed by atoms with E-state index in [9.17, 15) is 4.79 Å². The van der Waals surface area contributed by atoms with Crippen LogP contribution in [0.2, 0.25) is 0 Å². The predicted octanol–water partition coefficient (Wildman–Crippen LogP) is 3.55. The van der Waals surface area contributed by atoms with Gasteiger partial charge in [-0.1, -0.05) is 60.4 Å². The first-order valence-corrected chi connectivity index (χ1v) is 9.01. The molecule has 0 unspecified atom stereocenters. The Morgan fingerprint density at radius 3 is 2.43 bits per heavy atom. The van der Waals surface area contributed by atoms with Crippen LogP contribution in [0, 0.1) is 11.8 Å². The number of alkyl carbamates (subject to hydrolysis) is 1. The minimum atomic E-state index is -0.490. The van der Waals surface area contributed by atoms with Gasteiger partial charge in [-0.3, -0.25) is 4.98 Å². The molecule has 1 heterocycles. The van der Waals surface area contributed by atoms with Gasteiger partial charge >= 0.3 is 6.09 Å². The molecule has 4 rings (SSSR count). The zero-order valence-electron chi connectivity index (χ0n) is 15.2. The Kier molecular flexibility index (Phi) is 4.94. The second kappa shape index (κ2) is 7.85. The number of nitrogens with zero attached hydrogens (tertiary/aromatic N) is 1. The smallest absolute Gasteiger partial charge is 0.407 e. The second-order valence-electron chi connectivity index (χ2n) is 6.44. The van der Waals surface area contributed by atoms with Gasteiger partial charge in [-0.25, -0.2) is 4.79 Å². The van der Waals surface area contributed by atoms with Crippen LogP contribution in [0.15, 0.2) is 67.0 Å². The number of carbonyl (C=O) groups excluding carboxylic acids is 1. The van der Waals surface area contributed by atoms with Gasteiger partial charge in [0.2, 0.25) is 0 Å². The van der Waals surface area contributed by atoms with Crippen LogP contribution in [0.1, 0.15) is 22.6 Å². The van der Waals surface area contributed by atoms with Gasteiger partial charge in [0.1, 0.15) is 6.61 Å². The molecule has 0 radical (unpaired) electrons. The number of anilines is 1. The lowest BCUT2D eigenvalue weighted by atomic mass is 9.98. The maximum atomic E-state index is 12.1. The van der Waals surface area contributed by atoms with E-state index in [-0.39, 0.29) is 19.1 Å². The molecule has 28 heavy (non-hydrogen) atoms. The number of ether oxygens (including phenoxy) is 1. The predicted molar refractivity (Wildman–Crippen MR) is 109 cm³/mol. The Hall–Kier alpha value is -3.78. The summed E-state index contributed by atoms with van der Waals surface area (Å²) in [4.78, 5) is 16.0. The summed E-state index contributed by atoms with van der Waals surface area (Å²) in [5.74, 6) is 5.78. The van der Waals surface area contributed by atoms with Crippen molar-refractivity contribution in [2.45, 2.75) is 5.92 Å². The largest absolute Gasteiger partial charge is 0.449 e. The lowest BCUT2D eigenvalue weighted by molar-refractivity contribution is 0.144. The molecule has 3 aromatic rings. The molecule has 0 atom stereocenters. The van der Waals surface area contributed by atoms with Gasteiger partial charge in [0.25, 0.3) is 0 Å². The summed E-state index contributed by atoms with van der Waals surface area (Å²) in [6.45, 7) is 0.452. The van der Waals surface area contributed by atoms with Crippen LogP contribution in [0.5, 0.6) is 0 Å². The van der Waals surface area contributed by atoms with E-state index in [1.807, 2.05) is 24.3 Å². The number of fused-ring (bicyclic) bond motifs is 3. The summed E-state index contributed by atoms with van der Waals surface area (Å²) in [7, 11) is 0. The zero-order chi connectivity index (χ0) is 19.3. The fourth-order valence-corrected chi connectivity index (χ4v) is 3.41. The first kappa shape index (κ1) is 17.6. The molecule has 1 aliphatic rings. The van der Waals surface area contributed by atoms with E-state index in [4.69, 9.17) is 10.5 Å². The Labute approximate surface area is 163 Å². The van der Waals surface area contributed by atoms with Crippen LogP contribution in [-0.2, 0) is 4.74 Å². The van der Waals surface area contributed by atoms with Gasteiger partial charge in [-0.2, -0.15) is 0 Å². The van der Waals surface area contributed by atoms with E-state index in [1.54, 1.807) is 18.5 Å². The third kappa shape index (κ3) is 3.53. The number of amides is 1. The minimum absolute atomic E-state index is 0.0411. The number of carbonyl (C=O) groups is 1. The van der Waals surface area contributed by atoms with E-state index >= 15 is 0 Å². The minimum Gasteiger partial charge on any atom is -0.449 e. The molecule has 0 spiro atoms.